The summed E-state index contributed by atoms with van der Waals surface area (Å²) < 4.78 is 0. The summed E-state index contributed by atoms with van der Waals surface area (Å²) in [5.74, 6) is 0.0129. The van der Waals surface area contributed by atoms with Crippen LogP contribution in [0.5, 0.6) is 0 Å². The van der Waals surface area contributed by atoms with E-state index in [1.807, 2.05) is 44.3 Å². The Labute approximate surface area is 133 Å². The van der Waals surface area contributed by atoms with E-state index in [2.05, 4.69) is 41.4 Å². The molecule has 1 amide bonds. The van der Waals surface area contributed by atoms with E-state index in [4.69, 9.17) is 0 Å². The van der Waals surface area contributed by atoms with Gasteiger partial charge >= 0.3 is 0 Å². The zero-order valence-corrected chi connectivity index (χ0v) is 13.5. The molecule has 0 aliphatic rings. The molecule has 22 heavy (non-hydrogen) atoms. The molecule has 2 aromatic rings. The zero-order valence-electron chi connectivity index (χ0n) is 13.5. The van der Waals surface area contributed by atoms with Crippen LogP contribution in [0.3, 0.4) is 0 Å². The number of aryl methyl sites for hydroxylation is 1. The van der Waals surface area contributed by atoms with Gasteiger partial charge in [-0.2, -0.15) is 0 Å². The number of hydrogen-bond acceptors (Lipinski definition) is 2. The maximum atomic E-state index is 12.3. The molecule has 0 aromatic heterocycles. The molecule has 0 saturated heterocycles. The van der Waals surface area contributed by atoms with Gasteiger partial charge in [-0.25, -0.2) is 0 Å². The molecule has 0 aliphatic heterocycles. The number of hydrogen-bond donors (Lipinski definition) is 1. The van der Waals surface area contributed by atoms with E-state index in [0.29, 0.717) is 0 Å². The Balaban J connectivity index is 1.92. The summed E-state index contributed by atoms with van der Waals surface area (Å²) in [5, 5.41) is 2.95. The Morgan fingerprint density at radius 3 is 2.23 bits per heavy atom. The first-order valence-electron chi connectivity index (χ1n) is 7.74. The van der Waals surface area contributed by atoms with Crippen molar-refractivity contribution in [1.29, 1.82) is 0 Å². The van der Waals surface area contributed by atoms with Crippen LogP contribution in [0.2, 0.25) is 0 Å². The Morgan fingerprint density at radius 2 is 1.64 bits per heavy atom. The number of benzene rings is 2. The molecule has 3 heteroatoms. The molecule has 0 saturated carbocycles. The SMILES string of the molecule is CCc1ccc(CN(C)[C@H](C)C(=O)Nc2ccccc2)cc1. The summed E-state index contributed by atoms with van der Waals surface area (Å²) in [5.41, 5.74) is 3.39. The number of carbonyl (C=O) groups excluding carboxylic acids is 1. The average molecular weight is 296 g/mol. The Hall–Kier alpha value is -2.13. The first kappa shape index (κ1) is 16.2. The lowest BCUT2D eigenvalue weighted by molar-refractivity contribution is -0.120. The van der Waals surface area contributed by atoms with Gasteiger partial charge in [-0.1, -0.05) is 49.4 Å². The normalized spacial score (nSPS) is 12.2. The van der Waals surface area contributed by atoms with Gasteiger partial charge in [-0.05, 0) is 43.7 Å². The first-order chi connectivity index (χ1) is 10.6. The van der Waals surface area contributed by atoms with Crippen molar-refractivity contribution in [2.24, 2.45) is 0 Å². The number of anilines is 1. The zero-order chi connectivity index (χ0) is 15.9. The predicted octanol–water partition coefficient (Wildman–Crippen LogP) is 3.71. The Morgan fingerprint density at radius 1 is 1.05 bits per heavy atom. The van der Waals surface area contributed by atoms with Crippen LogP contribution < -0.4 is 5.32 Å². The largest absolute Gasteiger partial charge is 0.325 e. The third kappa shape index (κ3) is 4.43. The van der Waals surface area contributed by atoms with E-state index in [1.165, 1.54) is 11.1 Å². The van der Waals surface area contributed by atoms with Crippen molar-refractivity contribution in [3.8, 4) is 0 Å². The molecule has 3 nitrogen and oxygen atoms in total. The highest BCUT2D eigenvalue weighted by Gasteiger charge is 2.18. The maximum absolute atomic E-state index is 12.3. The van der Waals surface area contributed by atoms with Crippen LogP contribution in [0, 0.1) is 0 Å². The fraction of sp³-hybridized carbons (Fsp3) is 0.316. The number of carbonyl (C=O) groups is 1. The molecule has 116 valence electrons. The van der Waals surface area contributed by atoms with Crippen molar-refractivity contribution in [1.82, 2.24) is 4.90 Å². The number of nitrogens with one attached hydrogen (secondary N) is 1. The van der Waals surface area contributed by atoms with E-state index < -0.39 is 0 Å². The molecule has 1 N–H and O–H groups in total. The number of para-hydroxylation sites is 1. The molecule has 2 rings (SSSR count). The topological polar surface area (TPSA) is 32.3 Å². The highest BCUT2D eigenvalue weighted by Crippen LogP contribution is 2.11. The van der Waals surface area contributed by atoms with Crippen LogP contribution in [0.4, 0.5) is 5.69 Å². The molecule has 0 fully saturated rings. The molecule has 1 atom stereocenters. The van der Waals surface area contributed by atoms with Crippen LogP contribution in [-0.2, 0) is 17.8 Å². The van der Waals surface area contributed by atoms with Crippen molar-refractivity contribution in [2.45, 2.75) is 32.9 Å². The molecule has 2 aromatic carbocycles. The standard InChI is InChI=1S/C19H24N2O/c1-4-16-10-12-17(13-11-16)14-21(3)15(2)19(22)20-18-8-6-5-7-9-18/h5-13,15H,4,14H2,1-3H3,(H,20,22)/t15-/m1/s1. The van der Waals surface area contributed by atoms with Gasteiger partial charge in [0.25, 0.3) is 0 Å². The second-order valence-corrected chi connectivity index (χ2v) is 5.62. The summed E-state index contributed by atoms with van der Waals surface area (Å²) >= 11 is 0. The van der Waals surface area contributed by atoms with Crippen molar-refractivity contribution in [3.63, 3.8) is 0 Å². The molecular weight excluding hydrogens is 272 g/mol. The lowest BCUT2D eigenvalue weighted by atomic mass is 10.1. The van der Waals surface area contributed by atoms with E-state index in [9.17, 15) is 4.79 Å². The summed E-state index contributed by atoms with van der Waals surface area (Å²) in [7, 11) is 1.98. The van der Waals surface area contributed by atoms with Crippen LogP contribution >= 0.6 is 0 Å². The average Bonchev–Trinajstić information content (AvgIpc) is 2.55. The van der Waals surface area contributed by atoms with E-state index in [1.54, 1.807) is 0 Å². The molecule has 0 heterocycles. The molecule has 0 bridgehead atoms. The lowest BCUT2D eigenvalue weighted by Gasteiger charge is -2.24. The second kappa shape index (κ2) is 7.76. The predicted molar refractivity (Wildman–Crippen MR) is 91.8 cm³/mol. The van der Waals surface area contributed by atoms with E-state index in [-0.39, 0.29) is 11.9 Å². The van der Waals surface area contributed by atoms with Crippen molar-refractivity contribution in [2.75, 3.05) is 12.4 Å². The third-order valence-corrected chi connectivity index (χ3v) is 3.95. The van der Waals surface area contributed by atoms with Crippen LogP contribution in [0.25, 0.3) is 0 Å². The highest BCUT2D eigenvalue weighted by molar-refractivity contribution is 5.94. The minimum absolute atomic E-state index is 0.0129. The van der Waals surface area contributed by atoms with Crippen molar-refractivity contribution < 1.29 is 4.79 Å². The Bertz CT molecular complexity index is 593. The smallest absolute Gasteiger partial charge is 0.241 e. The van der Waals surface area contributed by atoms with Gasteiger partial charge < -0.3 is 5.32 Å². The highest BCUT2D eigenvalue weighted by atomic mass is 16.2. The maximum Gasteiger partial charge on any atom is 0.241 e. The molecule has 0 unspecified atom stereocenters. The van der Waals surface area contributed by atoms with Crippen molar-refractivity contribution >= 4 is 11.6 Å². The second-order valence-electron chi connectivity index (χ2n) is 5.62. The number of amides is 1. The van der Waals surface area contributed by atoms with Gasteiger partial charge in [0, 0.05) is 12.2 Å². The van der Waals surface area contributed by atoms with Gasteiger partial charge in [0.1, 0.15) is 0 Å². The van der Waals surface area contributed by atoms with Gasteiger partial charge in [-0.15, -0.1) is 0 Å². The number of likely N-dealkylation sites (N-methyl/N-ethyl adjacent to an activating group) is 1. The quantitative estimate of drug-likeness (QED) is 0.881. The summed E-state index contributed by atoms with van der Waals surface area (Å²) in [6.45, 7) is 4.84. The minimum Gasteiger partial charge on any atom is -0.325 e. The van der Waals surface area contributed by atoms with Gasteiger partial charge in [-0.3, -0.25) is 9.69 Å². The van der Waals surface area contributed by atoms with Gasteiger partial charge in [0.05, 0.1) is 6.04 Å². The third-order valence-electron chi connectivity index (χ3n) is 3.95. The molecule has 0 radical (unpaired) electrons. The van der Waals surface area contributed by atoms with Gasteiger partial charge in [0.15, 0.2) is 0 Å². The van der Waals surface area contributed by atoms with Crippen LogP contribution in [0.1, 0.15) is 25.0 Å². The van der Waals surface area contributed by atoms with E-state index >= 15 is 0 Å². The van der Waals surface area contributed by atoms with Crippen molar-refractivity contribution in [3.05, 3.63) is 65.7 Å². The minimum atomic E-state index is -0.189. The monoisotopic (exact) mass is 296 g/mol. The summed E-state index contributed by atoms with van der Waals surface area (Å²) in [6, 6.07) is 17.9. The first-order valence-corrected chi connectivity index (χ1v) is 7.74. The fourth-order valence-electron chi connectivity index (χ4n) is 2.27. The molecular formula is C19H24N2O. The molecule has 0 aliphatic carbocycles. The van der Waals surface area contributed by atoms with Crippen LogP contribution in [0.15, 0.2) is 54.6 Å². The Kier molecular flexibility index (Phi) is 5.73. The number of nitrogens with zero attached hydrogens (tertiary/aromatic N) is 1. The fourth-order valence-corrected chi connectivity index (χ4v) is 2.27. The lowest BCUT2D eigenvalue weighted by Crippen LogP contribution is -2.39. The summed E-state index contributed by atoms with van der Waals surface area (Å²) in [4.78, 5) is 14.3. The van der Waals surface area contributed by atoms with Crippen LogP contribution in [-0.4, -0.2) is 23.9 Å². The molecule has 0 spiro atoms. The summed E-state index contributed by atoms with van der Waals surface area (Å²) in [6.07, 6.45) is 1.05. The van der Waals surface area contributed by atoms with Gasteiger partial charge in [0.2, 0.25) is 5.91 Å². The number of rotatable bonds is 6. The van der Waals surface area contributed by atoms with E-state index in [0.717, 1.165) is 18.7 Å².